The summed E-state index contributed by atoms with van der Waals surface area (Å²) in [5, 5.41) is 22.5. The number of urea groups is 2. The summed E-state index contributed by atoms with van der Waals surface area (Å²) >= 11 is 0. The van der Waals surface area contributed by atoms with Crippen molar-refractivity contribution < 1.29 is 33.5 Å². The van der Waals surface area contributed by atoms with E-state index in [2.05, 4.69) is 21.1 Å². The number of likely N-dealkylation sites (N-methyl/N-ethyl adjacent to an activating group) is 1. The van der Waals surface area contributed by atoms with Crippen molar-refractivity contribution in [3.05, 3.63) is 35.2 Å². The molecule has 0 spiro atoms. The van der Waals surface area contributed by atoms with Crippen LogP contribution >= 0.6 is 0 Å². The van der Waals surface area contributed by atoms with Crippen molar-refractivity contribution >= 4 is 29.3 Å². The second-order valence-corrected chi connectivity index (χ2v) is 12.3. The average molecular weight is 631 g/mol. The van der Waals surface area contributed by atoms with E-state index in [9.17, 15) is 19.5 Å². The minimum Gasteiger partial charge on any atom is -0.490 e. The molecule has 0 bridgehead atoms. The molecule has 45 heavy (non-hydrogen) atoms. The lowest BCUT2D eigenvalue weighted by Gasteiger charge is -2.35. The zero-order chi connectivity index (χ0) is 33.3. The van der Waals surface area contributed by atoms with Crippen molar-refractivity contribution in [2.45, 2.75) is 92.0 Å². The van der Waals surface area contributed by atoms with Crippen LogP contribution in [-0.2, 0) is 4.74 Å². The Morgan fingerprint density at radius 1 is 1.16 bits per heavy atom. The second-order valence-electron chi connectivity index (χ2n) is 12.3. The number of carbonyl (C=O) groups is 3. The Hall–Kier alpha value is -3.84. The first kappa shape index (κ1) is 35.6. The molecule has 0 radical (unpaired) electrons. The van der Waals surface area contributed by atoms with Crippen LogP contribution in [0, 0.1) is 19.8 Å². The normalized spacial score (nSPS) is 20.4. The van der Waals surface area contributed by atoms with Crippen molar-refractivity contribution in [2.24, 2.45) is 5.92 Å². The number of hydrogen-bond donors (Lipinski definition) is 4. The molecule has 0 saturated heterocycles. The third kappa shape index (κ3) is 10.1. The molecule has 4 N–H and O–H groups in total. The Labute approximate surface area is 266 Å². The number of amides is 5. The number of ether oxygens (including phenoxy) is 2. The molecule has 1 aliphatic rings. The molecule has 3 rings (SSSR count). The summed E-state index contributed by atoms with van der Waals surface area (Å²) in [5.41, 5.74) is 1.84. The number of aryl methyl sites for hydroxylation is 2. The van der Waals surface area contributed by atoms with Crippen LogP contribution in [-0.4, -0.2) is 95.7 Å². The third-order valence-electron chi connectivity index (χ3n) is 7.79. The van der Waals surface area contributed by atoms with Crippen molar-refractivity contribution in [3.8, 4) is 5.75 Å². The van der Waals surface area contributed by atoms with Crippen molar-refractivity contribution in [3.63, 3.8) is 0 Å². The molecule has 13 nitrogen and oxygen atoms in total. The Morgan fingerprint density at radius 3 is 2.53 bits per heavy atom. The maximum absolute atomic E-state index is 14.2. The monoisotopic (exact) mass is 630 g/mol. The number of fused-ring (bicyclic) bond motifs is 1. The molecule has 1 aromatic heterocycles. The zero-order valence-electron chi connectivity index (χ0n) is 27.8. The van der Waals surface area contributed by atoms with Crippen LogP contribution in [0.2, 0.25) is 0 Å². The summed E-state index contributed by atoms with van der Waals surface area (Å²) in [6.07, 6.45) is 1.79. The van der Waals surface area contributed by atoms with Crippen LogP contribution in [0.5, 0.6) is 5.75 Å². The molecule has 0 fully saturated rings. The average Bonchev–Trinajstić information content (AvgIpc) is 3.30. The van der Waals surface area contributed by atoms with Crippen LogP contribution in [0.15, 0.2) is 22.7 Å². The lowest BCUT2D eigenvalue weighted by molar-refractivity contribution is -0.0115. The van der Waals surface area contributed by atoms with Crippen LogP contribution in [0.4, 0.5) is 21.0 Å². The lowest BCUT2D eigenvalue weighted by atomic mass is 10.0. The molecule has 0 aliphatic carbocycles. The van der Waals surface area contributed by atoms with Gasteiger partial charge in [-0.15, -0.1) is 0 Å². The molecule has 2 aromatic rings. The molecule has 1 aliphatic heterocycles. The number of nitrogens with one attached hydrogen (secondary N) is 3. The van der Waals surface area contributed by atoms with E-state index < -0.39 is 12.1 Å². The van der Waals surface area contributed by atoms with Gasteiger partial charge in [-0.05, 0) is 79.0 Å². The van der Waals surface area contributed by atoms with E-state index in [0.717, 1.165) is 19.3 Å². The highest BCUT2D eigenvalue weighted by molar-refractivity contribution is 5.99. The summed E-state index contributed by atoms with van der Waals surface area (Å²) in [5.74, 6) is 0.354. The smallest absolute Gasteiger partial charge is 0.321 e. The van der Waals surface area contributed by atoms with Gasteiger partial charge in [0.25, 0.3) is 5.91 Å². The van der Waals surface area contributed by atoms with Gasteiger partial charge in [-0.3, -0.25) is 4.79 Å². The van der Waals surface area contributed by atoms with Crippen molar-refractivity contribution in [2.75, 3.05) is 44.0 Å². The summed E-state index contributed by atoms with van der Waals surface area (Å²) in [6, 6.07) is 3.70. The fourth-order valence-corrected chi connectivity index (χ4v) is 5.11. The highest BCUT2D eigenvalue weighted by Crippen LogP contribution is 2.29. The first-order valence-corrected chi connectivity index (χ1v) is 15.7. The number of rotatable bonds is 7. The predicted molar refractivity (Wildman–Crippen MR) is 172 cm³/mol. The zero-order valence-corrected chi connectivity index (χ0v) is 27.8. The number of nitrogens with zero attached hydrogens (tertiary/aromatic N) is 3. The molecule has 0 saturated carbocycles. The first-order chi connectivity index (χ1) is 21.3. The molecule has 5 amide bonds. The molecule has 2 heterocycles. The Balaban J connectivity index is 1.90. The quantitative estimate of drug-likeness (QED) is 0.340. The van der Waals surface area contributed by atoms with Gasteiger partial charge >= 0.3 is 12.1 Å². The fourth-order valence-electron chi connectivity index (χ4n) is 5.11. The first-order valence-electron chi connectivity index (χ1n) is 15.7. The van der Waals surface area contributed by atoms with Gasteiger partial charge in [0.2, 0.25) is 0 Å². The maximum Gasteiger partial charge on any atom is 0.321 e. The van der Waals surface area contributed by atoms with Crippen molar-refractivity contribution in [1.82, 2.24) is 20.3 Å². The van der Waals surface area contributed by atoms with Crippen LogP contribution < -0.4 is 20.7 Å². The Bertz CT molecular complexity index is 1280. The molecular weight excluding hydrogens is 580 g/mol. The topological polar surface area (TPSA) is 158 Å². The van der Waals surface area contributed by atoms with Gasteiger partial charge in [0.05, 0.1) is 30.4 Å². The highest BCUT2D eigenvalue weighted by atomic mass is 16.5. The van der Waals surface area contributed by atoms with E-state index in [0.29, 0.717) is 35.2 Å². The van der Waals surface area contributed by atoms with Gasteiger partial charge in [0, 0.05) is 44.4 Å². The number of aliphatic hydroxyl groups is 1. The second kappa shape index (κ2) is 16.5. The summed E-state index contributed by atoms with van der Waals surface area (Å²) < 4.78 is 17.8. The summed E-state index contributed by atoms with van der Waals surface area (Å²) in [7, 11) is 1.69. The lowest BCUT2D eigenvalue weighted by Crippen LogP contribution is -2.48. The third-order valence-corrected chi connectivity index (χ3v) is 7.79. The molecule has 1 aromatic carbocycles. The Kier molecular flexibility index (Phi) is 13.0. The molecule has 0 unspecified atom stereocenters. The van der Waals surface area contributed by atoms with Gasteiger partial charge in [0.1, 0.15) is 17.1 Å². The van der Waals surface area contributed by atoms with Crippen LogP contribution in [0.3, 0.4) is 0 Å². The fraction of sp³-hybridized carbons (Fsp3) is 0.625. The molecule has 13 heteroatoms. The largest absolute Gasteiger partial charge is 0.490 e. The SMILES string of the molecule is Cc1noc(C)c1NC(=O)N(C)C[C@H]1OCCCC[C@H](C)Oc2ccc(NC(=O)NC(C)C)cc2C(=O)N([C@@H](C)CO)C[C@H]1C. The van der Waals surface area contributed by atoms with E-state index in [-0.39, 0.29) is 61.3 Å². The summed E-state index contributed by atoms with van der Waals surface area (Å²) in [4.78, 5) is 42.9. The number of anilines is 2. The molecule has 250 valence electrons. The number of hydrogen-bond acceptors (Lipinski definition) is 8. The standard InChI is InChI=1S/C32H50N6O7/c1-19(2)33-31(41)34-25-12-13-27-26(15-25)30(40)38(21(4)18-39)16-20(3)28(43-14-10-9-11-22(5)44-27)17-37(8)32(42)35-29-23(6)36-45-24(29)7/h12-13,15,19-22,28,39H,9-11,14,16-18H2,1-8H3,(H,35,42)(H2,33,34,41)/t20-,21+,22+,28-/m1/s1. The Morgan fingerprint density at radius 2 is 1.89 bits per heavy atom. The van der Waals surface area contributed by atoms with Crippen LogP contribution in [0.1, 0.15) is 75.7 Å². The van der Waals surface area contributed by atoms with E-state index >= 15 is 0 Å². The van der Waals surface area contributed by atoms with Crippen LogP contribution in [0.25, 0.3) is 0 Å². The van der Waals surface area contributed by atoms with Gasteiger partial charge in [-0.25, -0.2) is 9.59 Å². The molecule has 4 atom stereocenters. The number of benzene rings is 1. The van der Waals surface area contributed by atoms with Gasteiger partial charge < -0.3 is 44.9 Å². The van der Waals surface area contributed by atoms with E-state index in [4.69, 9.17) is 14.0 Å². The summed E-state index contributed by atoms with van der Waals surface area (Å²) in [6.45, 7) is 13.6. The number of aromatic nitrogens is 1. The van der Waals surface area contributed by atoms with E-state index in [1.165, 1.54) is 0 Å². The predicted octanol–water partition coefficient (Wildman–Crippen LogP) is 4.78. The van der Waals surface area contributed by atoms with Gasteiger partial charge in [-0.2, -0.15) is 0 Å². The van der Waals surface area contributed by atoms with E-state index in [1.807, 2.05) is 27.7 Å². The minimum absolute atomic E-state index is 0.0633. The number of aliphatic hydroxyl groups excluding tert-OH is 1. The van der Waals surface area contributed by atoms with Gasteiger partial charge in [0.15, 0.2) is 5.76 Å². The van der Waals surface area contributed by atoms with E-state index in [1.54, 1.807) is 55.8 Å². The number of carbonyl (C=O) groups excluding carboxylic acids is 3. The van der Waals surface area contributed by atoms with Crippen molar-refractivity contribution in [1.29, 1.82) is 0 Å². The van der Waals surface area contributed by atoms with Gasteiger partial charge in [-0.1, -0.05) is 12.1 Å². The minimum atomic E-state index is -0.528. The maximum atomic E-state index is 14.2. The molecular formula is C32H50N6O7. The highest BCUT2D eigenvalue weighted by Gasteiger charge is 2.31.